The molecule has 0 heteroatoms. The van der Waals surface area contributed by atoms with Crippen LogP contribution in [0.1, 0.15) is 153 Å². The summed E-state index contributed by atoms with van der Waals surface area (Å²) in [5, 5.41) is 9.42. The summed E-state index contributed by atoms with van der Waals surface area (Å²) in [6, 6.07) is 13.1. The Labute approximate surface area is 246 Å². The molecule has 0 bridgehead atoms. The summed E-state index contributed by atoms with van der Waals surface area (Å²) < 4.78 is 0. The van der Waals surface area contributed by atoms with E-state index in [0.717, 1.165) is 0 Å². The van der Waals surface area contributed by atoms with Gasteiger partial charge >= 0.3 is 0 Å². The smallest absolute Gasteiger partial charge is 0.00209 e. The SMILES string of the molecule is CCCCCc1cc2c(CCCCC)cc(CCCCC)c3cc(CCCCC)c4cc(C(C)(C)C)cc1c4c23. The minimum Gasteiger partial charge on any atom is -0.0654 e. The Kier molecular flexibility index (Phi) is 11.0. The van der Waals surface area contributed by atoms with Crippen molar-refractivity contribution in [3.05, 3.63) is 58.1 Å². The fourth-order valence-corrected chi connectivity index (χ4v) is 6.88. The Bertz CT molecular complexity index is 1270. The van der Waals surface area contributed by atoms with Crippen LogP contribution in [-0.2, 0) is 31.1 Å². The van der Waals surface area contributed by atoms with Crippen molar-refractivity contribution in [2.45, 2.75) is 157 Å². The molecule has 0 N–H and O–H groups in total. The van der Waals surface area contributed by atoms with Gasteiger partial charge in [-0.3, -0.25) is 0 Å². The van der Waals surface area contributed by atoms with Crippen LogP contribution in [0, 0.1) is 0 Å². The molecule has 0 saturated carbocycles. The van der Waals surface area contributed by atoms with Crippen molar-refractivity contribution >= 4 is 32.3 Å². The quantitative estimate of drug-likeness (QED) is 0.0982. The number of benzene rings is 4. The molecule has 0 aliphatic rings. The fraction of sp³-hybridized carbons (Fsp3) is 0.600. The van der Waals surface area contributed by atoms with E-state index in [9.17, 15) is 0 Å². The molecule has 218 valence electrons. The van der Waals surface area contributed by atoms with Crippen LogP contribution in [0.5, 0.6) is 0 Å². The van der Waals surface area contributed by atoms with Gasteiger partial charge in [0.15, 0.2) is 0 Å². The van der Waals surface area contributed by atoms with E-state index < -0.39 is 0 Å². The first-order valence-corrected chi connectivity index (χ1v) is 17.1. The maximum atomic E-state index is 2.65. The Morgan fingerprint density at radius 3 is 1.00 bits per heavy atom. The molecule has 0 fully saturated rings. The van der Waals surface area contributed by atoms with Gasteiger partial charge in [-0.25, -0.2) is 0 Å². The van der Waals surface area contributed by atoms with Crippen molar-refractivity contribution in [3.8, 4) is 0 Å². The first-order chi connectivity index (χ1) is 19.3. The van der Waals surface area contributed by atoms with Crippen LogP contribution in [0.15, 0.2) is 30.3 Å². The van der Waals surface area contributed by atoms with Crippen molar-refractivity contribution in [1.29, 1.82) is 0 Å². The average Bonchev–Trinajstić information content (AvgIpc) is 2.93. The highest BCUT2D eigenvalue weighted by molar-refractivity contribution is 6.26. The van der Waals surface area contributed by atoms with Crippen molar-refractivity contribution in [2.75, 3.05) is 0 Å². The Morgan fingerprint density at radius 2 is 0.700 bits per heavy atom. The zero-order valence-corrected chi connectivity index (χ0v) is 27.2. The third kappa shape index (κ3) is 6.86. The van der Waals surface area contributed by atoms with Gasteiger partial charge in [0.05, 0.1) is 0 Å². The Balaban J connectivity index is 2.09. The Morgan fingerprint density at radius 1 is 0.400 bits per heavy atom. The third-order valence-electron chi connectivity index (χ3n) is 9.36. The molecule has 0 aliphatic carbocycles. The summed E-state index contributed by atoms with van der Waals surface area (Å²) in [7, 11) is 0. The van der Waals surface area contributed by atoms with Crippen LogP contribution in [-0.4, -0.2) is 0 Å². The number of aryl methyl sites for hydroxylation is 4. The summed E-state index contributed by atoms with van der Waals surface area (Å²) in [5.41, 5.74) is 8.07. The monoisotopic (exact) mass is 538 g/mol. The standard InChI is InChI=1S/C40H58/c1-8-12-16-20-29-24-30(21-17-13-9-2)35-26-32(23-19-15-11-4)37-28-33(40(5,6)7)27-36-31(22-18-14-10-3)25-34(29)38(35)39(36)37/h24-28H,8-23H2,1-7H3. The molecule has 0 nitrogen and oxygen atoms in total. The van der Waals surface area contributed by atoms with Crippen LogP contribution >= 0.6 is 0 Å². The predicted octanol–water partition coefficient (Wildman–Crippen LogP) is 12.8. The van der Waals surface area contributed by atoms with Gasteiger partial charge in [-0.15, -0.1) is 0 Å². The largest absolute Gasteiger partial charge is 0.0654 e. The van der Waals surface area contributed by atoms with Gasteiger partial charge in [-0.1, -0.05) is 130 Å². The maximum Gasteiger partial charge on any atom is -0.00209 e. The topological polar surface area (TPSA) is 0 Å². The molecule has 40 heavy (non-hydrogen) atoms. The molecule has 0 aromatic heterocycles. The van der Waals surface area contributed by atoms with E-state index in [4.69, 9.17) is 0 Å². The Hall–Kier alpha value is -2.08. The lowest BCUT2D eigenvalue weighted by atomic mass is 9.78. The fourth-order valence-electron chi connectivity index (χ4n) is 6.88. The molecule has 4 rings (SSSR count). The summed E-state index contributed by atoms with van der Waals surface area (Å²) in [6.45, 7) is 16.5. The van der Waals surface area contributed by atoms with Crippen molar-refractivity contribution in [2.24, 2.45) is 0 Å². The maximum absolute atomic E-state index is 2.65. The van der Waals surface area contributed by atoms with E-state index in [0.29, 0.717) is 0 Å². The highest BCUT2D eigenvalue weighted by atomic mass is 14.3. The normalized spacial score (nSPS) is 12.5. The zero-order chi connectivity index (χ0) is 28.7. The van der Waals surface area contributed by atoms with Crippen LogP contribution in [0.3, 0.4) is 0 Å². The first-order valence-electron chi connectivity index (χ1n) is 17.1. The zero-order valence-electron chi connectivity index (χ0n) is 27.2. The van der Waals surface area contributed by atoms with Crippen molar-refractivity contribution in [3.63, 3.8) is 0 Å². The highest BCUT2D eigenvalue weighted by Gasteiger charge is 2.23. The second-order valence-corrected chi connectivity index (χ2v) is 13.8. The van der Waals surface area contributed by atoms with Crippen LogP contribution in [0.25, 0.3) is 32.3 Å². The van der Waals surface area contributed by atoms with E-state index in [-0.39, 0.29) is 5.41 Å². The van der Waals surface area contributed by atoms with E-state index in [1.54, 1.807) is 54.6 Å². The lowest BCUT2D eigenvalue weighted by molar-refractivity contribution is 0.591. The molecule has 0 heterocycles. The number of hydrogen-bond acceptors (Lipinski definition) is 0. The van der Waals surface area contributed by atoms with E-state index in [1.165, 1.54) is 108 Å². The lowest BCUT2D eigenvalue weighted by Crippen LogP contribution is -2.12. The molecule has 0 aliphatic heterocycles. The predicted molar refractivity (Wildman–Crippen MR) is 182 cm³/mol. The summed E-state index contributed by atoms with van der Waals surface area (Å²) >= 11 is 0. The molecule has 4 aromatic rings. The summed E-state index contributed by atoms with van der Waals surface area (Å²) in [5.74, 6) is 0. The molecule has 0 radical (unpaired) electrons. The van der Waals surface area contributed by atoms with Crippen LogP contribution in [0.4, 0.5) is 0 Å². The van der Waals surface area contributed by atoms with Gasteiger partial charge in [0.25, 0.3) is 0 Å². The van der Waals surface area contributed by atoms with Crippen molar-refractivity contribution < 1.29 is 0 Å². The van der Waals surface area contributed by atoms with E-state index in [2.05, 4.69) is 78.8 Å². The third-order valence-corrected chi connectivity index (χ3v) is 9.36. The van der Waals surface area contributed by atoms with Gasteiger partial charge in [0.2, 0.25) is 0 Å². The molecular formula is C40H58. The van der Waals surface area contributed by atoms with Gasteiger partial charge in [0.1, 0.15) is 0 Å². The van der Waals surface area contributed by atoms with Gasteiger partial charge in [0, 0.05) is 0 Å². The van der Waals surface area contributed by atoms with Crippen LogP contribution in [0.2, 0.25) is 0 Å². The minimum atomic E-state index is 0.141. The van der Waals surface area contributed by atoms with Crippen molar-refractivity contribution in [1.82, 2.24) is 0 Å². The molecular weight excluding hydrogens is 480 g/mol. The van der Waals surface area contributed by atoms with Gasteiger partial charge in [-0.2, -0.15) is 0 Å². The second kappa shape index (κ2) is 14.2. The van der Waals surface area contributed by atoms with E-state index >= 15 is 0 Å². The summed E-state index contributed by atoms with van der Waals surface area (Å²) in [6.07, 6.45) is 20.4. The van der Waals surface area contributed by atoms with Crippen LogP contribution < -0.4 is 0 Å². The summed E-state index contributed by atoms with van der Waals surface area (Å²) in [4.78, 5) is 0. The highest BCUT2D eigenvalue weighted by Crippen LogP contribution is 2.44. The molecule has 0 amide bonds. The number of unbranched alkanes of at least 4 members (excludes halogenated alkanes) is 8. The number of hydrogen-bond donors (Lipinski definition) is 0. The minimum absolute atomic E-state index is 0.141. The van der Waals surface area contributed by atoms with Gasteiger partial charge in [-0.05, 0) is 117 Å². The van der Waals surface area contributed by atoms with Gasteiger partial charge < -0.3 is 0 Å². The molecule has 0 atom stereocenters. The average molecular weight is 539 g/mol. The first kappa shape index (κ1) is 30.9. The van der Waals surface area contributed by atoms with E-state index in [1.807, 2.05) is 0 Å². The lowest BCUT2D eigenvalue weighted by Gasteiger charge is -2.26. The molecule has 0 saturated heterocycles. The molecule has 0 spiro atoms. The number of rotatable bonds is 16. The molecule has 4 aromatic carbocycles. The molecule has 0 unspecified atom stereocenters. The second-order valence-electron chi connectivity index (χ2n) is 13.8.